The zero-order chi connectivity index (χ0) is 20.0. The first kappa shape index (κ1) is 24.9. The second-order valence-electron chi connectivity index (χ2n) is 4.86. The Morgan fingerprint density at radius 3 is 2.16 bits per heavy atom. The molecule has 1 aliphatic rings. The predicted molar refractivity (Wildman–Crippen MR) is 104 cm³/mol. The first-order chi connectivity index (χ1) is 11.9. The molecule has 2 rings (SSSR count). The maximum Gasteiger partial charge on any atom is 0.204 e. The molecule has 5 nitrogen and oxygen atoms in total. The van der Waals surface area contributed by atoms with Gasteiger partial charge in [0.25, 0.3) is 0 Å². The summed E-state index contributed by atoms with van der Waals surface area (Å²) in [6, 6.07) is 3.79. The molecule has 1 aromatic carbocycles. The van der Waals surface area contributed by atoms with E-state index in [0.717, 1.165) is 23.1 Å². The standard InChI is InChI=1S/C15H18O3.2C2H6.CH3NO/c1-9(2)18-15-8-13-11(5-6-14(13)16)7-12(15)10(3)17-4;2*1-2;2-1-3/h7-9H,3,5-6H2,1-2,4H3;2*1-2H3;1H,(H2,2,3). The van der Waals surface area contributed by atoms with E-state index in [1.807, 2.05) is 53.7 Å². The maximum absolute atomic E-state index is 11.7. The van der Waals surface area contributed by atoms with Gasteiger partial charge in [0.05, 0.1) is 18.8 Å². The van der Waals surface area contributed by atoms with Crippen molar-refractivity contribution in [1.82, 2.24) is 0 Å². The zero-order valence-corrected chi connectivity index (χ0v) is 16.6. The summed E-state index contributed by atoms with van der Waals surface area (Å²) in [6.45, 7) is 15.8. The Labute approximate surface area is 152 Å². The van der Waals surface area contributed by atoms with Gasteiger partial charge in [0.15, 0.2) is 5.78 Å². The molecule has 2 N–H and O–H groups in total. The Morgan fingerprint density at radius 1 is 1.20 bits per heavy atom. The highest BCUT2D eigenvalue weighted by Gasteiger charge is 2.23. The average molecular weight is 351 g/mol. The fourth-order valence-electron chi connectivity index (χ4n) is 2.15. The van der Waals surface area contributed by atoms with Crippen LogP contribution in [0.2, 0.25) is 0 Å². The van der Waals surface area contributed by atoms with Crippen molar-refractivity contribution in [1.29, 1.82) is 0 Å². The third-order valence-electron chi connectivity index (χ3n) is 3.04. The van der Waals surface area contributed by atoms with Crippen LogP contribution in [0.3, 0.4) is 0 Å². The van der Waals surface area contributed by atoms with Crippen molar-refractivity contribution < 1.29 is 19.1 Å². The number of carbonyl (C=O) groups excluding carboxylic acids is 2. The Morgan fingerprint density at radius 2 is 1.72 bits per heavy atom. The number of fused-ring (bicyclic) bond motifs is 1. The van der Waals surface area contributed by atoms with Crippen LogP contribution in [-0.2, 0) is 16.0 Å². The molecule has 25 heavy (non-hydrogen) atoms. The molecule has 0 atom stereocenters. The highest BCUT2D eigenvalue weighted by Crippen LogP contribution is 2.34. The molecular weight excluding hydrogens is 318 g/mol. The number of Topliss-reactive ketones (excluding diaryl/α,β-unsaturated/α-hetero) is 1. The van der Waals surface area contributed by atoms with Crippen LogP contribution in [0.1, 0.15) is 69.4 Å². The third-order valence-corrected chi connectivity index (χ3v) is 3.04. The molecule has 0 heterocycles. The Balaban J connectivity index is 0. The lowest BCUT2D eigenvalue weighted by Crippen LogP contribution is -2.08. The SMILES string of the molecule is C=C(OC)c1cc2c(cc1OC(C)C)C(=O)CC2.CC.CC.NC=O. The molecule has 0 aliphatic heterocycles. The number of ketones is 1. The van der Waals surface area contributed by atoms with E-state index in [1.54, 1.807) is 7.11 Å². The number of aryl methyl sites for hydroxylation is 1. The van der Waals surface area contributed by atoms with Gasteiger partial charge in [-0.2, -0.15) is 0 Å². The average Bonchev–Trinajstić information content (AvgIpc) is 2.98. The lowest BCUT2D eigenvalue weighted by molar-refractivity contribution is -0.106. The van der Waals surface area contributed by atoms with Crippen molar-refractivity contribution in [3.8, 4) is 5.75 Å². The van der Waals surface area contributed by atoms with E-state index < -0.39 is 0 Å². The van der Waals surface area contributed by atoms with Crippen LogP contribution in [0.15, 0.2) is 18.7 Å². The van der Waals surface area contributed by atoms with E-state index in [9.17, 15) is 4.79 Å². The summed E-state index contributed by atoms with van der Waals surface area (Å²) >= 11 is 0. The summed E-state index contributed by atoms with van der Waals surface area (Å²) in [5.74, 6) is 1.42. The van der Waals surface area contributed by atoms with Gasteiger partial charge in [-0.25, -0.2) is 0 Å². The molecule has 0 aromatic heterocycles. The predicted octanol–water partition coefficient (Wildman–Crippen LogP) is 4.37. The number of hydrogen-bond acceptors (Lipinski definition) is 4. The Hall–Kier alpha value is -2.30. The molecule has 1 amide bonds. The van der Waals surface area contributed by atoms with Crippen molar-refractivity contribution in [2.45, 2.75) is 60.5 Å². The van der Waals surface area contributed by atoms with Crippen LogP contribution in [0.4, 0.5) is 0 Å². The fraction of sp³-hybridized carbons (Fsp3) is 0.500. The summed E-state index contributed by atoms with van der Waals surface area (Å²) in [4.78, 5) is 20.3. The first-order valence-electron chi connectivity index (χ1n) is 8.70. The van der Waals surface area contributed by atoms with Gasteiger partial charge in [0, 0.05) is 12.0 Å². The van der Waals surface area contributed by atoms with E-state index in [-0.39, 0.29) is 18.3 Å². The smallest absolute Gasteiger partial charge is 0.204 e. The van der Waals surface area contributed by atoms with Gasteiger partial charge >= 0.3 is 0 Å². The molecule has 142 valence electrons. The largest absolute Gasteiger partial charge is 0.497 e. The molecule has 0 saturated carbocycles. The van der Waals surface area contributed by atoms with Gasteiger partial charge < -0.3 is 15.2 Å². The number of benzene rings is 1. The number of methoxy groups -OCH3 is 1. The molecule has 0 fully saturated rings. The maximum atomic E-state index is 11.7. The minimum atomic E-state index is 0.0444. The van der Waals surface area contributed by atoms with E-state index >= 15 is 0 Å². The molecule has 0 bridgehead atoms. The monoisotopic (exact) mass is 351 g/mol. The van der Waals surface area contributed by atoms with E-state index in [2.05, 4.69) is 12.3 Å². The molecular formula is C20H33NO4. The fourth-order valence-corrected chi connectivity index (χ4v) is 2.15. The lowest BCUT2D eigenvalue weighted by atomic mass is 10.0. The van der Waals surface area contributed by atoms with Gasteiger partial charge in [0.2, 0.25) is 6.41 Å². The Bertz CT molecular complexity index is 551. The number of amides is 1. The lowest BCUT2D eigenvalue weighted by Gasteiger charge is -2.16. The minimum Gasteiger partial charge on any atom is -0.497 e. The van der Waals surface area contributed by atoms with Crippen LogP contribution in [0.25, 0.3) is 5.76 Å². The van der Waals surface area contributed by atoms with Crippen molar-refractivity contribution in [2.75, 3.05) is 7.11 Å². The van der Waals surface area contributed by atoms with Crippen molar-refractivity contribution >= 4 is 18.0 Å². The third kappa shape index (κ3) is 7.88. The summed E-state index contributed by atoms with van der Waals surface area (Å²) in [7, 11) is 1.58. The minimum absolute atomic E-state index is 0.0444. The Kier molecular flexibility index (Phi) is 14.0. The van der Waals surface area contributed by atoms with E-state index in [0.29, 0.717) is 17.9 Å². The van der Waals surface area contributed by atoms with Crippen molar-refractivity contribution in [3.05, 3.63) is 35.4 Å². The highest BCUT2D eigenvalue weighted by atomic mass is 16.5. The second kappa shape index (κ2) is 14.1. The molecule has 5 heteroatoms. The van der Waals surface area contributed by atoms with Crippen LogP contribution < -0.4 is 10.5 Å². The normalized spacial score (nSPS) is 10.8. The molecule has 1 aromatic rings. The summed E-state index contributed by atoms with van der Waals surface area (Å²) in [5.41, 5.74) is 6.84. The molecule has 1 aliphatic carbocycles. The van der Waals surface area contributed by atoms with Crippen LogP contribution >= 0.6 is 0 Å². The van der Waals surface area contributed by atoms with Crippen LogP contribution in [0.5, 0.6) is 5.75 Å². The number of rotatable bonds is 4. The van der Waals surface area contributed by atoms with Crippen LogP contribution in [0, 0.1) is 0 Å². The number of hydrogen-bond donors (Lipinski definition) is 1. The van der Waals surface area contributed by atoms with E-state index in [1.165, 1.54) is 0 Å². The summed E-state index contributed by atoms with van der Waals surface area (Å²) in [6.07, 6.45) is 1.67. The second-order valence-corrected chi connectivity index (χ2v) is 4.86. The van der Waals surface area contributed by atoms with Crippen molar-refractivity contribution in [3.63, 3.8) is 0 Å². The van der Waals surface area contributed by atoms with Crippen LogP contribution in [-0.4, -0.2) is 25.4 Å². The van der Waals surface area contributed by atoms with Crippen molar-refractivity contribution in [2.24, 2.45) is 5.73 Å². The molecule has 0 radical (unpaired) electrons. The van der Waals surface area contributed by atoms with Gasteiger partial charge in [-0.15, -0.1) is 0 Å². The summed E-state index contributed by atoms with van der Waals surface area (Å²) in [5, 5.41) is 0. The number of ether oxygens (including phenoxy) is 2. The molecule has 0 saturated heterocycles. The van der Waals surface area contributed by atoms with Gasteiger partial charge in [0.1, 0.15) is 11.5 Å². The number of nitrogens with two attached hydrogens (primary N) is 1. The zero-order valence-electron chi connectivity index (χ0n) is 16.6. The van der Waals surface area contributed by atoms with Gasteiger partial charge in [-0.05, 0) is 38.0 Å². The van der Waals surface area contributed by atoms with Gasteiger partial charge in [-0.1, -0.05) is 34.3 Å². The number of carbonyl (C=O) groups is 2. The first-order valence-corrected chi connectivity index (χ1v) is 8.70. The molecule has 0 spiro atoms. The van der Waals surface area contributed by atoms with Gasteiger partial charge in [-0.3, -0.25) is 9.59 Å². The highest BCUT2D eigenvalue weighted by molar-refractivity contribution is 6.01. The van der Waals surface area contributed by atoms with E-state index in [4.69, 9.17) is 14.3 Å². The topological polar surface area (TPSA) is 78.6 Å². The summed E-state index contributed by atoms with van der Waals surface area (Å²) < 4.78 is 10.9. The number of primary amides is 1. The quantitative estimate of drug-likeness (QED) is 0.645. The molecule has 0 unspecified atom stereocenters.